The van der Waals surface area contributed by atoms with Crippen molar-refractivity contribution in [3.8, 4) is 0 Å². The van der Waals surface area contributed by atoms with E-state index in [9.17, 15) is 23.7 Å². The van der Waals surface area contributed by atoms with E-state index in [1.807, 2.05) is 6.92 Å². The van der Waals surface area contributed by atoms with Crippen LogP contribution in [0.15, 0.2) is 29.2 Å². The molecule has 0 aromatic heterocycles. The van der Waals surface area contributed by atoms with Crippen molar-refractivity contribution in [2.75, 3.05) is 6.61 Å². The van der Waals surface area contributed by atoms with Crippen LogP contribution >= 0.6 is 0 Å². The Bertz CT molecular complexity index is 554. The van der Waals surface area contributed by atoms with E-state index in [-0.39, 0.29) is 4.90 Å². The van der Waals surface area contributed by atoms with Crippen molar-refractivity contribution < 1.29 is 32.7 Å². The van der Waals surface area contributed by atoms with Crippen molar-refractivity contribution in [1.29, 1.82) is 0 Å². The van der Waals surface area contributed by atoms with Crippen molar-refractivity contribution in [2.24, 2.45) is 0 Å². The van der Waals surface area contributed by atoms with Gasteiger partial charge in [-0.2, -0.15) is 8.42 Å². The van der Waals surface area contributed by atoms with E-state index in [1.54, 1.807) is 12.1 Å². The Hall–Kier alpha value is -1.03. The van der Waals surface area contributed by atoms with Crippen LogP contribution in [0.2, 0.25) is 0 Å². The highest BCUT2D eigenvalue weighted by atomic mass is 32.2. The third-order valence-electron chi connectivity index (χ3n) is 3.03. The Kier molecular flexibility index (Phi) is 4.43. The fourth-order valence-corrected chi connectivity index (χ4v) is 2.71. The van der Waals surface area contributed by atoms with E-state index in [2.05, 4.69) is 0 Å². The minimum absolute atomic E-state index is 0.0170. The second kappa shape index (κ2) is 5.76. The van der Waals surface area contributed by atoms with Gasteiger partial charge in [-0.25, -0.2) is 0 Å². The van der Waals surface area contributed by atoms with Gasteiger partial charge in [0, 0.05) is 0 Å². The number of benzene rings is 1. The molecule has 112 valence electrons. The molecule has 1 saturated heterocycles. The molecule has 1 aliphatic heterocycles. The summed E-state index contributed by atoms with van der Waals surface area (Å²) in [5, 5.41) is 28.0. The first-order valence-electron chi connectivity index (χ1n) is 5.97. The quantitative estimate of drug-likeness (QED) is 0.620. The molecule has 4 atom stereocenters. The average Bonchev–Trinajstić information content (AvgIpc) is 2.64. The SMILES string of the molecule is Cc1ccc(S(=O)(=O)OC[C@H]2O[C@H](O)[C@@H](O)[C@@H]2O)cc1. The van der Waals surface area contributed by atoms with Gasteiger partial charge >= 0.3 is 0 Å². The van der Waals surface area contributed by atoms with Crippen molar-refractivity contribution in [1.82, 2.24) is 0 Å². The van der Waals surface area contributed by atoms with Gasteiger partial charge in [-0.3, -0.25) is 4.18 Å². The summed E-state index contributed by atoms with van der Waals surface area (Å²) in [6.07, 6.45) is -5.55. The molecule has 8 heteroatoms. The van der Waals surface area contributed by atoms with Gasteiger partial charge in [0.1, 0.15) is 18.3 Å². The fraction of sp³-hybridized carbons (Fsp3) is 0.500. The fourth-order valence-electron chi connectivity index (χ4n) is 1.80. The summed E-state index contributed by atoms with van der Waals surface area (Å²) >= 11 is 0. The number of aliphatic hydroxyl groups excluding tert-OH is 3. The van der Waals surface area contributed by atoms with Gasteiger partial charge in [0.2, 0.25) is 0 Å². The molecular weight excluding hydrogens is 288 g/mol. The zero-order valence-electron chi connectivity index (χ0n) is 10.7. The minimum Gasteiger partial charge on any atom is -0.387 e. The predicted octanol–water partition coefficient (Wildman–Crippen LogP) is -0.861. The van der Waals surface area contributed by atoms with Gasteiger partial charge in [-0.15, -0.1) is 0 Å². The average molecular weight is 304 g/mol. The van der Waals surface area contributed by atoms with E-state index in [4.69, 9.17) is 8.92 Å². The molecule has 3 N–H and O–H groups in total. The standard InChI is InChI=1S/C12H16O7S/c1-7-2-4-8(5-3-7)20(16,17)18-6-9-10(13)11(14)12(15)19-9/h2-5,9-15H,6H2,1H3/t9-,10-,11+,12+/m1/s1. The molecule has 0 bridgehead atoms. The van der Waals surface area contributed by atoms with Crippen molar-refractivity contribution in [2.45, 2.75) is 36.4 Å². The van der Waals surface area contributed by atoms with Gasteiger partial charge in [0.15, 0.2) is 6.29 Å². The Balaban J connectivity index is 2.01. The van der Waals surface area contributed by atoms with Crippen LogP contribution < -0.4 is 0 Å². The zero-order chi connectivity index (χ0) is 14.9. The van der Waals surface area contributed by atoms with Crippen LogP contribution in [0.1, 0.15) is 5.56 Å². The van der Waals surface area contributed by atoms with Gasteiger partial charge < -0.3 is 20.1 Å². The highest BCUT2D eigenvalue weighted by Gasteiger charge is 2.42. The summed E-state index contributed by atoms with van der Waals surface area (Å²) in [6, 6.07) is 6.07. The lowest BCUT2D eigenvalue weighted by Gasteiger charge is -2.14. The van der Waals surface area contributed by atoms with Crippen molar-refractivity contribution >= 4 is 10.1 Å². The molecule has 1 aromatic carbocycles. The van der Waals surface area contributed by atoms with E-state index in [1.165, 1.54) is 12.1 Å². The van der Waals surface area contributed by atoms with E-state index < -0.39 is 41.3 Å². The van der Waals surface area contributed by atoms with Crippen LogP contribution in [0, 0.1) is 6.92 Å². The molecule has 1 heterocycles. The molecule has 0 amide bonds. The topological polar surface area (TPSA) is 113 Å². The number of aryl methyl sites for hydroxylation is 1. The molecule has 7 nitrogen and oxygen atoms in total. The van der Waals surface area contributed by atoms with E-state index >= 15 is 0 Å². The Morgan fingerprint density at radius 1 is 1.15 bits per heavy atom. The predicted molar refractivity (Wildman–Crippen MR) is 67.2 cm³/mol. The summed E-state index contributed by atoms with van der Waals surface area (Å²) < 4.78 is 33.3. The normalized spacial score (nSPS) is 30.6. The van der Waals surface area contributed by atoms with Gasteiger partial charge in [-0.05, 0) is 19.1 Å². The van der Waals surface area contributed by atoms with E-state index in [0.29, 0.717) is 0 Å². The molecule has 0 spiro atoms. The molecule has 0 unspecified atom stereocenters. The molecular formula is C12H16O7S. The number of hydrogen-bond donors (Lipinski definition) is 3. The van der Waals surface area contributed by atoms with Gasteiger partial charge in [-0.1, -0.05) is 17.7 Å². The number of hydrogen-bond acceptors (Lipinski definition) is 7. The summed E-state index contributed by atoms with van der Waals surface area (Å²) in [5.41, 5.74) is 0.907. The third kappa shape index (κ3) is 3.17. The van der Waals surface area contributed by atoms with Crippen LogP contribution in [-0.2, 0) is 19.0 Å². The maximum Gasteiger partial charge on any atom is 0.297 e. The van der Waals surface area contributed by atoms with Crippen LogP contribution in [0.25, 0.3) is 0 Å². The molecule has 1 aromatic rings. The molecule has 0 aliphatic carbocycles. The second-order valence-corrected chi connectivity index (χ2v) is 6.21. The van der Waals surface area contributed by atoms with Crippen LogP contribution in [0.3, 0.4) is 0 Å². The first-order valence-corrected chi connectivity index (χ1v) is 7.38. The molecule has 0 radical (unpaired) electrons. The number of ether oxygens (including phenoxy) is 1. The van der Waals surface area contributed by atoms with Gasteiger partial charge in [0.05, 0.1) is 11.5 Å². The molecule has 1 aliphatic rings. The molecule has 0 saturated carbocycles. The first-order chi connectivity index (χ1) is 9.31. The van der Waals surface area contributed by atoms with Crippen LogP contribution in [-0.4, -0.2) is 54.9 Å². The first kappa shape index (κ1) is 15.4. The summed E-state index contributed by atoms with van der Waals surface area (Å²) in [7, 11) is -3.98. The Labute approximate surface area is 116 Å². The van der Waals surface area contributed by atoms with Crippen LogP contribution in [0.5, 0.6) is 0 Å². The Morgan fingerprint density at radius 3 is 2.25 bits per heavy atom. The largest absolute Gasteiger partial charge is 0.387 e. The maximum absolute atomic E-state index is 11.9. The molecule has 1 fully saturated rings. The monoisotopic (exact) mass is 304 g/mol. The number of rotatable bonds is 4. The maximum atomic E-state index is 11.9. The van der Waals surface area contributed by atoms with E-state index in [0.717, 1.165) is 5.56 Å². The smallest absolute Gasteiger partial charge is 0.297 e. The second-order valence-electron chi connectivity index (χ2n) is 4.60. The van der Waals surface area contributed by atoms with Crippen molar-refractivity contribution in [3.05, 3.63) is 29.8 Å². The number of aliphatic hydroxyl groups is 3. The van der Waals surface area contributed by atoms with Gasteiger partial charge in [0.25, 0.3) is 10.1 Å². The summed E-state index contributed by atoms with van der Waals surface area (Å²) in [5.74, 6) is 0. The lowest BCUT2D eigenvalue weighted by molar-refractivity contribution is -0.131. The lowest BCUT2D eigenvalue weighted by atomic mass is 10.1. The Morgan fingerprint density at radius 2 is 1.75 bits per heavy atom. The van der Waals surface area contributed by atoms with Crippen LogP contribution in [0.4, 0.5) is 0 Å². The highest BCUT2D eigenvalue weighted by Crippen LogP contribution is 2.21. The van der Waals surface area contributed by atoms with Crippen molar-refractivity contribution in [3.63, 3.8) is 0 Å². The molecule has 20 heavy (non-hydrogen) atoms. The lowest BCUT2D eigenvalue weighted by Crippen LogP contribution is -2.34. The minimum atomic E-state index is -3.98. The summed E-state index contributed by atoms with van der Waals surface area (Å²) in [4.78, 5) is -0.0170. The molecule has 2 rings (SSSR count). The third-order valence-corrected chi connectivity index (χ3v) is 4.33. The highest BCUT2D eigenvalue weighted by molar-refractivity contribution is 7.86. The zero-order valence-corrected chi connectivity index (χ0v) is 11.5. The summed E-state index contributed by atoms with van der Waals surface area (Å²) in [6.45, 7) is 1.33.